The van der Waals surface area contributed by atoms with Gasteiger partial charge in [0, 0.05) is 41.9 Å². The molecule has 13 nitrogen and oxygen atoms in total. The smallest absolute Gasteiger partial charge is 0.303 e. The molecule has 0 radical (unpaired) electrons. The van der Waals surface area contributed by atoms with Crippen LogP contribution in [-0.4, -0.2) is 76.0 Å². The molecule has 1 saturated heterocycles. The van der Waals surface area contributed by atoms with Gasteiger partial charge in [-0.1, -0.05) is 0 Å². The third-order valence-electron chi connectivity index (χ3n) is 4.80. The second-order valence-electron chi connectivity index (χ2n) is 7.51. The molecule has 1 aliphatic heterocycles. The molecule has 0 aliphatic carbocycles. The van der Waals surface area contributed by atoms with Crippen molar-refractivity contribution in [1.29, 1.82) is 0 Å². The number of fused-ring (bicyclic) bond motifs is 1. The minimum Gasteiger partial charge on any atom is -0.463 e. The van der Waals surface area contributed by atoms with Crippen molar-refractivity contribution < 1.29 is 33.3 Å². The fourth-order valence-corrected chi connectivity index (χ4v) is 3.65. The number of aryl methyl sites for hydroxylation is 1. The van der Waals surface area contributed by atoms with Crippen LogP contribution in [0.2, 0.25) is 0 Å². The Kier molecular flexibility index (Phi) is 6.48. The third kappa shape index (κ3) is 4.42. The lowest BCUT2D eigenvalue weighted by molar-refractivity contribution is -0.166. The van der Waals surface area contributed by atoms with Crippen molar-refractivity contribution >= 4 is 35.0 Å². The summed E-state index contributed by atoms with van der Waals surface area (Å²) in [6.07, 6.45) is -2.77. The second-order valence-corrected chi connectivity index (χ2v) is 7.51. The number of imidazole rings is 1. The number of carbonyl (C=O) groups excluding carboxylic acids is 3. The van der Waals surface area contributed by atoms with Crippen molar-refractivity contribution in [3.8, 4) is 0 Å². The van der Waals surface area contributed by atoms with Crippen LogP contribution in [0.4, 0.5) is 5.95 Å². The van der Waals surface area contributed by atoms with Gasteiger partial charge in [0.25, 0.3) is 0 Å². The highest BCUT2D eigenvalue weighted by atomic mass is 16.7. The molecule has 0 bridgehead atoms. The number of anilines is 1. The zero-order valence-corrected chi connectivity index (χ0v) is 18.6. The van der Waals surface area contributed by atoms with E-state index in [1.165, 1.54) is 31.7 Å². The van der Waals surface area contributed by atoms with Crippen LogP contribution in [0, 0.1) is 0 Å². The monoisotopic (exact) mass is 451 g/mol. The number of ether oxygens (including phenoxy) is 4. The maximum absolute atomic E-state index is 12.5. The molecule has 3 rings (SSSR count). The van der Waals surface area contributed by atoms with Gasteiger partial charge in [-0.05, 0) is 0 Å². The van der Waals surface area contributed by atoms with E-state index in [0.29, 0.717) is 11.6 Å². The van der Waals surface area contributed by atoms with Crippen molar-refractivity contribution in [3.05, 3.63) is 16.7 Å². The zero-order valence-electron chi connectivity index (χ0n) is 18.6. The van der Waals surface area contributed by atoms with Crippen LogP contribution in [0.5, 0.6) is 0 Å². The molecule has 0 aromatic carbocycles. The van der Waals surface area contributed by atoms with Crippen molar-refractivity contribution in [1.82, 2.24) is 19.1 Å². The Balaban J connectivity index is 2.14. The molecule has 32 heavy (non-hydrogen) atoms. The van der Waals surface area contributed by atoms with E-state index in [1.54, 1.807) is 30.6 Å². The van der Waals surface area contributed by atoms with Crippen molar-refractivity contribution in [2.45, 2.75) is 45.3 Å². The molecule has 13 heteroatoms. The van der Waals surface area contributed by atoms with Crippen LogP contribution in [0.25, 0.3) is 11.2 Å². The normalized spacial score (nSPS) is 22.6. The van der Waals surface area contributed by atoms with Crippen LogP contribution in [0.3, 0.4) is 0 Å². The van der Waals surface area contributed by atoms with Crippen molar-refractivity contribution in [3.63, 3.8) is 0 Å². The Labute approximate surface area is 182 Å². The number of esters is 3. The van der Waals surface area contributed by atoms with Crippen LogP contribution in [0.1, 0.15) is 27.0 Å². The second kappa shape index (κ2) is 8.94. The van der Waals surface area contributed by atoms with Gasteiger partial charge in [0.1, 0.15) is 12.7 Å². The molecule has 3 heterocycles. The number of rotatable bonds is 6. The van der Waals surface area contributed by atoms with Crippen LogP contribution < -0.4 is 10.5 Å². The topological polar surface area (TPSA) is 144 Å². The predicted molar refractivity (Wildman–Crippen MR) is 109 cm³/mol. The highest BCUT2D eigenvalue weighted by molar-refractivity contribution is 5.72. The summed E-state index contributed by atoms with van der Waals surface area (Å²) in [4.78, 5) is 57.3. The van der Waals surface area contributed by atoms with Gasteiger partial charge in [0.05, 0.1) is 6.33 Å². The van der Waals surface area contributed by atoms with E-state index < -0.39 is 48.0 Å². The van der Waals surface area contributed by atoms with Crippen LogP contribution >= 0.6 is 0 Å². The Hall–Kier alpha value is -3.48. The highest BCUT2D eigenvalue weighted by Gasteiger charge is 2.51. The molecule has 174 valence electrons. The van der Waals surface area contributed by atoms with E-state index in [4.69, 9.17) is 18.9 Å². The van der Waals surface area contributed by atoms with Gasteiger partial charge in [-0.15, -0.1) is 0 Å². The fraction of sp³-hybridized carbons (Fsp3) is 0.579. The van der Waals surface area contributed by atoms with Gasteiger partial charge in [-0.25, -0.2) is 4.98 Å². The molecule has 0 amide bonds. The Morgan fingerprint density at radius 3 is 2.28 bits per heavy atom. The average molecular weight is 451 g/mol. The summed E-state index contributed by atoms with van der Waals surface area (Å²) in [6, 6.07) is 0. The molecule has 2 aromatic heterocycles. The van der Waals surface area contributed by atoms with Crippen molar-refractivity contribution in [2.24, 2.45) is 7.05 Å². The summed E-state index contributed by atoms with van der Waals surface area (Å²) >= 11 is 0. The number of carbonyl (C=O) groups is 3. The number of hydrogen-bond donors (Lipinski definition) is 0. The van der Waals surface area contributed by atoms with E-state index in [0.717, 1.165) is 0 Å². The zero-order chi connectivity index (χ0) is 23.7. The van der Waals surface area contributed by atoms with Gasteiger partial charge in [0.2, 0.25) is 5.95 Å². The SMILES string of the molecule is CC(=O)OC[C@H]1O[C@@H](n2cnc3c(=O)nc(N(C)C)n(C)c32)[C@H](OC(C)=O)[C@@H]1OC(C)=O. The Bertz CT molecular complexity index is 1110. The highest BCUT2D eigenvalue weighted by Crippen LogP contribution is 2.36. The maximum atomic E-state index is 12.5. The summed E-state index contributed by atoms with van der Waals surface area (Å²) < 4.78 is 25.0. The van der Waals surface area contributed by atoms with Gasteiger partial charge in [-0.2, -0.15) is 4.98 Å². The molecule has 1 aliphatic rings. The van der Waals surface area contributed by atoms with Gasteiger partial charge >= 0.3 is 23.5 Å². The molecular weight excluding hydrogens is 426 g/mol. The van der Waals surface area contributed by atoms with Crippen LogP contribution in [-0.2, 0) is 40.4 Å². The van der Waals surface area contributed by atoms with Gasteiger partial charge in [-0.3, -0.25) is 28.3 Å². The lowest BCUT2D eigenvalue weighted by Gasteiger charge is -2.24. The lowest BCUT2D eigenvalue weighted by Crippen LogP contribution is -2.40. The summed E-state index contributed by atoms with van der Waals surface area (Å²) in [5, 5.41) is 0. The summed E-state index contributed by atoms with van der Waals surface area (Å²) in [7, 11) is 5.15. The third-order valence-corrected chi connectivity index (χ3v) is 4.80. The van der Waals surface area contributed by atoms with E-state index in [-0.39, 0.29) is 12.1 Å². The summed E-state index contributed by atoms with van der Waals surface area (Å²) in [6.45, 7) is 3.40. The standard InChI is InChI=1S/C19H25N5O8/c1-9(25)29-7-12-14(30-10(2)26)15(31-11(3)27)18(32-12)24-8-20-13-16(28)21-19(22(4)5)23(6)17(13)24/h8,12,14-15,18H,7H2,1-6H3/t12-,14-,15-,18-/m1/s1. The van der Waals surface area contributed by atoms with Gasteiger partial charge < -0.3 is 23.8 Å². The van der Waals surface area contributed by atoms with Crippen molar-refractivity contribution in [2.75, 3.05) is 25.6 Å². The lowest BCUT2D eigenvalue weighted by atomic mass is 10.1. The van der Waals surface area contributed by atoms with Gasteiger partial charge in [0.15, 0.2) is 29.6 Å². The molecule has 4 atom stereocenters. The van der Waals surface area contributed by atoms with E-state index in [2.05, 4.69) is 9.97 Å². The number of nitrogens with zero attached hydrogens (tertiary/aromatic N) is 5. The molecule has 1 fully saturated rings. The van der Waals surface area contributed by atoms with E-state index in [1.807, 2.05) is 0 Å². The molecule has 2 aromatic rings. The molecule has 0 unspecified atom stereocenters. The number of hydrogen-bond acceptors (Lipinski definition) is 11. The quantitative estimate of drug-likeness (QED) is 0.415. The van der Waals surface area contributed by atoms with E-state index in [9.17, 15) is 19.2 Å². The average Bonchev–Trinajstić information content (AvgIpc) is 3.25. The predicted octanol–water partition coefficient (Wildman–Crippen LogP) is -0.480. The first-order chi connectivity index (χ1) is 15.0. The summed E-state index contributed by atoms with van der Waals surface area (Å²) in [5.74, 6) is -1.46. The first-order valence-electron chi connectivity index (χ1n) is 9.75. The number of aromatic nitrogens is 4. The fourth-order valence-electron chi connectivity index (χ4n) is 3.65. The first kappa shape index (κ1) is 23.2. The molecule has 0 saturated carbocycles. The Morgan fingerprint density at radius 1 is 1.09 bits per heavy atom. The minimum absolute atomic E-state index is 0.0794. The molecule has 0 N–H and O–H groups in total. The molecule has 0 spiro atoms. The first-order valence-corrected chi connectivity index (χ1v) is 9.75. The molecular formula is C19H25N5O8. The Morgan fingerprint density at radius 2 is 1.72 bits per heavy atom. The summed E-state index contributed by atoms with van der Waals surface area (Å²) in [5.41, 5.74) is -0.114. The maximum Gasteiger partial charge on any atom is 0.303 e. The minimum atomic E-state index is -1.10. The largest absolute Gasteiger partial charge is 0.463 e. The van der Waals surface area contributed by atoms with E-state index >= 15 is 0 Å². The van der Waals surface area contributed by atoms with Crippen LogP contribution in [0.15, 0.2) is 11.1 Å².